The molecule has 4 nitrogen and oxygen atoms in total. The van der Waals surface area contributed by atoms with Crippen LogP contribution >= 0.6 is 0 Å². The zero-order valence-corrected chi connectivity index (χ0v) is 15.6. The zero-order valence-electron chi connectivity index (χ0n) is 15.6. The van der Waals surface area contributed by atoms with Crippen LogP contribution in [0.5, 0.6) is 0 Å². The molecule has 0 saturated carbocycles. The Balaban J connectivity index is 1.81. The van der Waals surface area contributed by atoms with Crippen LogP contribution in [0.3, 0.4) is 0 Å². The van der Waals surface area contributed by atoms with Crippen molar-refractivity contribution in [3.8, 4) is 0 Å². The maximum atomic E-state index is 12.6. The molecule has 7 heteroatoms. The normalized spacial score (nSPS) is 19.8. The largest absolute Gasteiger partial charge is 0.416 e. The first-order valence-corrected chi connectivity index (χ1v) is 9.05. The van der Waals surface area contributed by atoms with Crippen molar-refractivity contribution in [2.75, 3.05) is 26.7 Å². The van der Waals surface area contributed by atoms with Gasteiger partial charge in [0.2, 0.25) is 0 Å². The summed E-state index contributed by atoms with van der Waals surface area (Å²) >= 11 is 0. The van der Waals surface area contributed by atoms with E-state index in [1.165, 1.54) is 29.9 Å². The van der Waals surface area contributed by atoms with Crippen LogP contribution < -0.4 is 5.32 Å². The average molecular weight is 371 g/mol. The lowest BCUT2D eigenvalue weighted by Gasteiger charge is -2.33. The molecule has 0 bridgehead atoms. The predicted molar refractivity (Wildman–Crippen MR) is 95.7 cm³/mol. The van der Waals surface area contributed by atoms with E-state index in [2.05, 4.69) is 17.1 Å². The summed E-state index contributed by atoms with van der Waals surface area (Å²) in [6.45, 7) is 7.41. The van der Waals surface area contributed by atoms with Gasteiger partial charge in [-0.3, -0.25) is 0 Å². The number of carbonyl (C=O) groups is 1. The Hall–Kier alpha value is -1.76. The Morgan fingerprint density at radius 2 is 2.00 bits per heavy atom. The number of urea groups is 1. The predicted octanol–water partition coefficient (Wildman–Crippen LogP) is 3.97. The minimum Gasteiger partial charge on any atom is -0.334 e. The minimum absolute atomic E-state index is 0.0165. The number of rotatable bonds is 5. The standard InChI is InChI=1S/C19H28F3N3O/c1-14-5-4-10-25(11-14)12-15(2)23-18(26)24(3)13-16-6-8-17(9-7-16)19(20,21)22/h6-9,14-15H,4-5,10-13H2,1-3H3,(H,23,26). The van der Waals surface area contributed by atoms with Crippen molar-refractivity contribution in [1.82, 2.24) is 15.1 Å². The fourth-order valence-corrected chi connectivity index (χ4v) is 3.35. The topological polar surface area (TPSA) is 35.6 Å². The molecule has 146 valence electrons. The number of nitrogens with one attached hydrogen (secondary N) is 1. The van der Waals surface area contributed by atoms with Gasteiger partial charge in [-0.2, -0.15) is 13.2 Å². The first kappa shape index (κ1) is 20.6. The average Bonchev–Trinajstić information content (AvgIpc) is 2.54. The van der Waals surface area contributed by atoms with Gasteiger partial charge in [0.1, 0.15) is 0 Å². The summed E-state index contributed by atoms with van der Waals surface area (Å²) in [6.07, 6.45) is -1.90. The number of hydrogen-bond donors (Lipinski definition) is 1. The van der Waals surface area contributed by atoms with Crippen LogP contribution in [0.15, 0.2) is 24.3 Å². The molecule has 1 aliphatic heterocycles. The molecular weight excluding hydrogens is 343 g/mol. The number of benzene rings is 1. The molecule has 26 heavy (non-hydrogen) atoms. The van der Waals surface area contributed by atoms with Crippen molar-refractivity contribution >= 4 is 6.03 Å². The van der Waals surface area contributed by atoms with Gasteiger partial charge in [0.15, 0.2) is 0 Å². The van der Waals surface area contributed by atoms with Crippen molar-refractivity contribution in [3.05, 3.63) is 35.4 Å². The first-order chi connectivity index (χ1) is 12.1. The molecule has 1 aromatic rings. The van der Waals surface area contributed by atoms with Crippen LogP contribution in [-0.4, -0.2) is 48.6 Å². The highest BCUT2D eigenvalue weighted by Crippen LogP contribution is 2.29. The summed E-state index contributed by atoms with van der Waals surface area (Å²) in [4.78, 5) is 16.2. The highest BCUT2D eigenvalue weighted by molar-refractivity contribution is 5.74. The SMILES string of the molecule is CC1CCCN(CC(C)NC(=O)N(C)Cc2ccc(C(F)(F)F)cc2)C1. The molecule has 1 saturated heterocycles. The van der Waals surface area contributed by atoms with Gasteiger partial charge in [-0.15, -0.1) is 0 Å². The number of halogens is 3. The van der Waals surface area contributed by atoms with E-state index in [1.807, 2.05) is 6.92 Å². The molecule has 0 aliphatic carbocycles. The van der Waals surface area contributed by atoms with Gasteiger partial charge >= 0.3 is 12.2 Å². The third kappa shape index (κ3) is 6.20. The number of piperidine rings is 1. The Morgan fingerprint density at radius 3 is 2.58 bits per heavy atom. The molecule has 1 aliphatic rings. The maximum Gasteiger partial charge on any atom is 0.416 e. The number of alkyl halides is 3. The molecule has 1 heterocycles. The highest BCUT2D eigenvalue weighted by Gasteiger charge is 2.30. The fraction of sp³-hybridized carbons (Fsp3) is 0.632. The Kier molecular flexibility index (Phi) is 6.92. The molecule has 0 spiro atoms. The maximum absolute atomic E-state index is 12.6. The summed E-state index contributed by atoms with van der Waals surface area (Å²) in [6, 6.07) is 4.70. The van der Waals surface area contributed by atoms with Crippen LogP contribution in [0.25, 0.3) is 0 Å². The van der Waals surface area contributed by atoms with E-state index in [0.717, 1.165) is 31.8 Å². The van der Waals surface area contributed by atoms with Crippen molar-refractivity contribution in [2.24, 2.45) is 5.92 Å². The van der Waals surface area contributed by atoms with Crippen LogP contribution in [0.1, 0.15) is 37.8 Å². The van der Waals surface area contributed by atoms with E-state index >= 15 is 0 Å². The number of amides is 2. The number of carbonyl (C=O) groups excluding carboxylic acids is 1. The molecule has 0 radical (unpaired) electrons. The fourth-order valence-electron chi connectivity index (χ4n) is 3.35. The quantitative estimate of drug-likeness (QED) is 0.850. The van der Waals surface area contributed by atoms with Gasteiger partial charge in [-0.25, -0.2) is 4.79 Å². The van der Waals surface area contributed by atoms with Crippen molar-refractivity contribution in [1.29, 1.82) is 0 Å². The molecular formula is C19H28F3N3O. The van der Waals surface area contributed by atoms with E-state index in [1.54, 1.807) is 7.05 Å². The number of nitrogens with zero attached hydrogens (tertiary/aromatic N) is 2. The van der Waals surface area contributed by atoms with Crippen LogP contribution in [0.4, 0.5) is 18.0 Å². The second-order valence-corrected chi connectivity index (χ2v) is 7.41. The van der Waals surface area contributed by atoms with Crippen LogP contribution in [0.2, 0.25) is 0 Å². The summed E-state index contributed by atoms with van der Waals surface area (Å²) in [7, 11) is 1.64. The molecule has 1 aromatic carbocycles. The van der Waals surface area contributed by atoms with Gasteiger partial charge < -0.3 is 15.1 Å². The lowest BCUT2D eigenvalue weighted by molar-refractivity contribution is -0.137. The van der Waals surface area contributed by atoms with Gasteiger partial charge in [-0.05, 0) is 49.9 Å². The molecule has 1 N–H and O–H groups in total. The minimum atomic E-state index is -4.34. The second kappa shape index (κ2) is 8.75. The van der Waals surface area contributed by atoms with Crippen molar-refractivity contribution in [3.63, 3.8) is 0 Å². The van der Waals surface area contributed by atoms with E-state index in [-0.39, 0.29) is 18.6 Å². The summed E-state index contributed by atoms with van der Waals surface area (Å²) in [5.41, 5.74) is -0.0223. The first-order valence-electron chi connectivity index (χ1n) is 9.05. The summed E-state index contributed by atoms with van der Waals surface area (Å²) in [5, 5.41) is 2.96. The zero-order chi connectivity index (χ0) is 19.3. The molecule has 2 rings (SSSR count). The van der Waals surface area contributed by atoms with Gasteiger partial charge in [-0.1, -0.05) is 19.1 Å². The highest BCUT2D eigenvalue weighted by atomic mass is 19.4. The van der Waals surface area contributed by atoms with Gasteiger partial charge in [0, 0.05) is 32.7 Å². The Labute approximate surface area is 153 Å². The van der Waals surface area contributed by atoms with E-state index in [4.69, 9.17) is 0 Å². The van der Waals surface area contributed by atoms with Gasteiger partial charge in [0.05, 0.1) is 5.56 Å². The molecule has 1 fully saturated rings. The molecule has 2 unspecified atom stereocenters. The summed E-state index contributed by atoms with van der Waals surface area (Å²) < 4.78 is 37.8. The summed E-state index contributed by atoms with van der Waals surface area (Å²) in [5.74, 6) is 0.689. The number of hydrogen-bond acceptors (Lipinski definition) is 2. The molecule has 2 atom stereocenters. The van der Waals surface area contributed by atoms with Crippen molar-refractivity contribution < 1.29 is 18.0 Å². The van der Waals surface area contributed by atoms with E-state index in [9.17, 15) is 18.0 Å². The van der Waals surface area contributed by atoms with Crippen LogP contribution in [-0.2, 0) is 12.7 Å². The molecule has 2 amide bonds. The van der Waals surface area contributed by atoms with Gasteiger partial charge in [0.25, 0.3) is 0 Å². The third-order valence-electron chi connectivity index (χ3n) is 4.69. The van der Waals surface area contributed by atoms with E-state index < -0.39 is 11.7 Å². The monoisotopic (exact) mass is 371 g/mol. The van der Waals surface area contributed by atoms with Crippen LogP contribution in [0, 0.1) is 5.92 Å². The number of likely N-dealkylation sites (tertiary alicyclic amines) is 1. The third-order valence-corrected chi connectivity index (χ3v) is 4.69. The Morgan fingerprint density at radius 1 is 1.35 bits per heavy atom. The lowest BCUT2D eigenvalue weighted by atomic mass is 10.00. The van der Waals surface area contributed by atoms with Crippen molar-refractivity contribution in [2.45, 2.75) is 45.5 Å². The van der Waals surface area contributed by atoms with E-state index in [0.29, 0.717) is 11.5 Å². The molecule has 0 aromatic heterocycles. The Bertz CT molecular complexity index is 589. The smallest absolute Gasteiger partial charge is 0.334 e. The second-order valence-electron chi connectivity index (χ2n) is 7.41. The lowest BCUT2D eigenvalue weighted by Crippen LogP contribution is -2.48.